The zero-order valence-corrected chi connectivity index (χ0v) is 7.50. The van der Waals surface area contributed by atoms with Crippen LogP contribution in [0.1, 0.15) is 15.9 Å². The summed E-state index contributed by atoms with van der Waals surface area (Å²) in [6.07, 6.45) is 0.824. The van der Waals surface area contributed by atoms with E-state index in [-0.39, 0.29) is 16.8 Å². The summed E-state index contributed by atoms with van der Waals surface area (Å²) in [6, 6.07) is 2.30. The molecule has 3 N–H and O–H groups in total. The lowest BCUT2D eigenvalue weighted by Crippen LogP contribution is -2.09. The molecule has 1 aromatic carbocycles. The number of nitrogens with one attached hydrogen (secondary N) is 1. The minimum Gasteiger partial charge on any atom is -0.465 e. The molecule has 0 bridgehead atoms. The highest BCUT2D eigenvalue weighted by atomic mass is 19.1. The van der Waals surface area contributed by atoms with Gasteiger partial charge in [0.05, 0.1) is 18.4 Å². The van der Waals surface area contributed by atoms with Crippen molar-refractivity contribution in [1.82, 2.24) is 0 Å². The van der Waals surface area contributed by atoms with Crippen LogP contribution in [-0.2, 0) is 4.74 Å². The van der Waals surface area contributed by atoms with Crippen LogP contribution in [0.3, 0.4) is 0 Å². The minimum absolute atomic E-state index is 0.0388. The van der Waals surface area contributed by atoms with Gasteiger partial charge in [-0.15, -0.1) is 0 Å². The third-order valence-electron chi connectivity index (χ3n) is 1.78. The Balaban J connectivity index is 3.38. The number of esters is 1. The predicted molar refractivity (Wildman–Crippen MR) is 50.0 cm³/mol. The third kappa shape index (κ3) is 1.56. The number of anilines is 1. The van der Waals surface area contributed by atoms with E-state index in [1.807, 2.05) is 0 Å². The predicted octanol–water partition coefficient (Wildman–Crippen LogP) is 1.19. The fraction of sp³-hybridized carbons (Fsp3) is 0.111. The van der Waals surface area contributed by atoms with E-state index in [0.717, 1.165) is 12.3 Å². The first-order chi connectivity index (χ1) is 6.61. The van der Waals surface area contributed by atoms with Crippen molar-refractivity contribution >= 4 is 17.9 Å². The van der Waals surface area contributed by atoms with Crippen LogP contribution in [0.25, 0.3) is 0 Å². The Morgan fingerprint density at radius 2 is 2.29 bits per heavy atom. The van der Waals surface area contributed by atoms with E-state index >= 15 is 0 Å². The highest BCUT2D eigenvalue weighted by Gasteiger charge is 2.15. The molecule has 0 spiro atoms. The molecule has 5 heteroatoms. The van der Waals surface area contributed by atoms with Gasteiger partial charge in [-0.2, -0.15) is 0 Å². The average molecular weight is 196 g/mol. The topological polar surface area (TPSA) is 76.2 Å². The molecular weight excluding hydrogens is 187 g/mol. The molecule has 1 rings (SSSR count). The lowest BCUT2D eigenvalue weighted by molar-refractivity contribution is 0.0600. The van der Waals surface area contributed by atoms with Crippen molar-refractivity contribution < 1.29 is 13.9 Å². The number of nitrogens with two attached hydrogens (primary N) is 1. The molecule has 0 saturated carbocycles. The number of hydrogen-bond acceptors (Lipinski definition) is 4. The first kappa shape index (κ1) is 10.2. The van der Waals surface area contributed by atoms with Gasteiger partial charge in [0.25, 0.3) is 0 Å². The molecule has 0 aliphatic carbocycles. The molecular formula is C9H9FN2O2. The molecule has 0 unspecified atom stereocenters. The summed E-state index contributed by atoms with van der Waals surface area (Å²) in [5.41, 5.74) is 5.26. The number of carbonyl (C=O) groups excluding carboxylic acids is 1. The Morgan fingerprint density at radius 1 is 1.64 bits per heavy atom. The van der Waals surface area contributed by atoms with E-state index < -0.39 is 11.8 Å². The van der Waals surface area contributed by atoms with Gasteiger partial charge < -0.3 is 15.9 Å². The van der Waals surface area contributed by atoms with Gasteiger partial charge in [-0.1, -0.05) is 0 Å². The highest BCUT2D eigenvalue weighted by Crippen LogP contribution is 2.19. The van der Waals surface area contributed by atoms with Gasteiger partial charge in [0.15, 0.2) is 0 Å². The van der Waals surface area contributed by atoms with Crippen molar-refractivity contribution in [1.29, 1.82) is 5.41 Å². The molecule has 4 nitrogen and oxygen atoms in total. The van der Waals surface area contributed by atoms with Crippen LogP contribution in [0.5, 0.6) is 0 Å². The number of hydrogen-bond donors (Lipinski definition) is 2. The Bertz CT molecular complexity index is 391. The Labute approximate surface area is 80.0 Å². The van der Waals surface area contributed by atoms with E-state index in [2.05, 4.69) is 4.74 Å². The van der Waals surface area contributed by atoms with E-state index in [9.17, 15) is 9.18 Å². The molecule has 0 aliphatic heterocycles. The number of rotatable bonds is 2. The van der Waals surface area contributed by atoms with Gasteiger partial charge >= 0.3 is 5.97 Å². The van der Waals surface area contributed by atoms with Crippen molar-refractivity contribution in [2.45, 2.75) is 0 Å². The second-order valence-corrected chi connectivity index (χ2v) is 2.56. The number of ether oxygens (including phenoxy) is 1. The SMILES string of the molecule is COC(=O)c1ccc(F)c(N)c1C=N. The number of methoxy groups -OCH3 is 1. The Kier molecular flexibility index (Phi) is 2.81. The van der Waals surface area contributed by atoms with Crippen LogP contribution in [0.4, 0.5) is 10.1 Å². The maximum atomic E-state index is 12.9. The van der Waals surface area contributed by atoms with Crippen molar-refractivity contribution in [3.63, 3.8) is 0 Å². The van der Waals surface area contributed by atoms with Crippen LogP contribution >= 0.6 is 0 Å². The molecule has 0 heterocycles. The van der Waals surface area contributed by atoms with Crippen LogP contribution in [0, 0.1) is 11.2 Å². The van der Waals surface area contributed by atoms with E-state index in [4.69, 9.17) is 11.1 Å². The monoisotopic (exact) mass is 196 g/mol. The van der Waals surface area contributed by atoms with Gasteiger partial charge in [-0.25, -0.2) is 9.18 Å². The minimum atomic E-state index is -0.656. The molecule has 0 saturated heterocycles. The summed E-state index contributed by atoms with van der Waals surface area (Å²) in [6.45, 7) is 0. The first-order valence-corrected chi connectivity index (χ1v) is 3.78. The zero-order valence-electron chi connectivity index (χ0n) is 7.50. The number of nitrogen functional groups attached to an aromatic ring is 1. The fourth-order valence-corrected chi connectivity index (χ4v) is 1.05. The van der Waals surface area contributed by atoms with Gasteiger partial charge in [-0.05, 0) is 12.1 Å². The molecule has 0 radical (unpaired) electrons. The molecule has 0 aliphatic rings. The van der Waals surface area contributed by atoms with E-state index in [1.54, 1.807) is 0 Å². The van der Waals surface area contributed by atoms with Gasteiger partial charge in [-0.3, -0.25) is 0 Å². The van der Waals surface area contributed by atoms with Crippen LogP contribution in [0.2, 0.25) is 0 Å². The summed E-state index contributed by atoms with van der Waals surface area (Å²) in [5, 5.41) is 7.01. The van der Waals surface area contributed by atoms with E-state index in [0.29, 0.717) is 0 Å². The summed E-state index contributed by atoms with van der Waals surface area (Å²) in [5.74, 6) is -1.30. The lowest BCUT2D eigenvalue weighted by atomic mass is 10.1. The van der Waals surface area contributed by atoms with Crippen LogP contribution < -0.4 is 5.73 Å². The molecule has 74 valence electrons. The number of carbonyl (C=O) groups is 1. The smallest absolute Gasteiger partial charge is 0.338 e. The normalized spacial score (nSPS) is 9.57. The van der Waals surface area contributed by atoms with Gasteiger partial charge in [0.2, 0.25) is 0 Å². The van der Waals surface area contributed by atoms with Gasteiger partial charge in [0.1, 0.15) is 5.82 Å². The summed E-state index contributed by atoms with van der Waals surface area (Å²) in [4.78, 5) is 11.2. The molecule has 14 heavy (non-hydrogen) atoms. The second kappa shape index (κ2) is 3.87. The maximum Gasteiger partial charge on any atom is 0.338 e. The summed E-state index contributed by atoms with van der Waals surface area (Å²) >= 11 is 0. The molecule has 0 atom stereocenters. The quantitative estimate of drug-likeness (QED) is 0.423. The fourth-order valence-electron chi connectivity index (χ4n) is 1.05. The Hall–Kier alpha value is -1.91. The molecule has 0 aromatic heterocycles. The van der Waals surface area contributed by atoms with E-state index in [1.165, 1.54) is 13.2 Å². The molecule has 0 fully saturated rings. The summed E-state index contributed by atoms with van der Waals surface area (Å²) in [7, 11) is 1.20. The average Bonchev–Trinajstić information content (AvgIpc) is 2.20. The Morgan fingerprint density at radius 3 is 2.79 bits per heavy atom. The van der Waals surface area contributed by atoms with Crippen LogP contribution in [0.15, 0.2) is 12.1 Å². The maximum absolute atomic E-state index is 12.9. The molecule has 1 aromatic rings. The second-order valence-electron chi connectivity index (χ2n) is 2.56. The standard InChI is InChI=1S/C9H9FN2O2/c1-14-9(13)5-2-3-7(10)8(12)6(5)4-11/h2-4,11H,12H2,1H3. The number of benzene rings is 1. The first-order valence-electron chi connectivity index (χ1n) is 3.78. The molecule has 0 amide bonds. The van der Waals surface area contributed by atoms with Crippen molar-refractivity contribution in [2.24, 2.45) is 0 Å². The third-order valence-corrected chi connectivity index (χ3v) is 1.78. The van der Waals surface area contributed by atoms with Crippen molar-refractivity contribution in [3.05, 3.63) is 29.1 Å². The zero-order chi connectivity index (χ0) is 10.7. The van der Waals surface area contributed by atoms with Crippen molar-refractivity contribution in [3.8, 4) is 0 Å². The van der Waals surface area contributed by atoms with Crippen molar-refractivity contribution in [2.75, 3.05) is 12.8 Å². The largest absolute Gasteiger partial charge is 0.465 e. The van der Waals surface area contributed by atoms with Gasteiger partial charge in [0, 0.05) is 11.8 Å². The number of halogens is 1. The summed E-state index contributed by atoms with van der Waals surface area (Å²) < 4.78 is 17.4. The highest BCUT2D eigenvalue weighted by molar-refractivity contribution is 6.02. The van der Waals surface area contributed by atoms with Crippen LogP contribution in [-0.4, -0.2) is 19.3 Å². The lowest BCUT2D eigenvalue weighted by Gasteiger charge is -2.06.